The Labute approximate surface area is 378 Å². The third-order valence-corrected chi connectivity index (χ3v) is 13.6. The van der Waals surface area contributed by atoms with E-state index in [4.69, 9.17) is 6.58 Å². The van der Waals surface area contributed by atoms with Gasteiger partial charge in [-0.25, -0.2) is 0 Å². The van der Waals surface area contributed by atoms with Gasteiger partial charge in [-0.1, -0.05) is 221 Å². The summed E-state index contributed by atoms with van der Waals surface area (Å²) in [6.45, 7) is 42.9. The largest absolute Gasteiger partial charge is 0.0905 e. The predicted octanol–water partition coefficient (Wildman–Crippen LogP) is 18.9. The van der Waals surface area contributed by atoms with E-state index >= 15 is 0 Å². The van der Waals surface area contributed by atoms with Gasteiger partial charge in [-0.05, 0) is 154 Å². The maximum Gasteiger partial charge on any atom is 0.000623 e. The Bertz CT molecular complexity index is 2190. The number of benzene rings is 5. The monoisotopic (exact) mass is 823 g/mol. The summed E-state index contributed by atoms with van der Waals surface area (Å²) in [6.07, 6.45) is 6.13. The first-order valence-electron chi connectivity index (χ1n) is 24.1. The molecular weight excluding hydrogens is 745 g/mol. The molecule has 0 aromatic heterocycles. The third-order valence-electron chi connectivity index (χ3n) is 13.6. The van der Waals surface area contributed by atoms with Gasteiger partial charge in [0.1, 0.15) is 0 Å². The highest BCUT2D eigenvalue weighted by Crippen LogP contribution is 2.50. The van der Waals surface area contributed by atoms with E-state index in [-0.39, 0.29) is 5.92 Å². The van der Waals surface area contributed by atoms with Crippen LogP contribution in [0.15, 0.2) is 115 Å². The summed E-state index contributed by atoms with van der Waals surface area (Å²) in [6, 6.07) is 35.4. The molecule has 0 radical (unpaired) electrons. The SMILES string of the molecule is C=C1C(c2c(C(C)C)cccc2C(C)C)=CC(Cc2c(-c3c(C(C)C)cccc3C(C)C)cccc2-c2c(C(C)C)cccc2C(C)C)C=C1c1c(C(C)C)cccc1C(C)C. The normalized spacial score (nSPS) is 13.9. The summed E-state index contributed by atoms with van der Waals surface area (Å²) in [7, 11) is 0. The second kappa shape index (κ2) is 19.4. The number of hydrogen-bond donors (Lipinski definition) is 0. The molecular formula is C62H78. The molecule has 0 unspecified atom stereocenters. The number of rotatable bonds is 14. The molecule has 0 spiro atoms. The minimum atomic E-state index is 0.119. The lowest BCUT2D eigenvalue weighted by Crippen LogP contribution is -2.15. The Morgan fingerprint density at radius 3 is 0.806 bits per heavy atom. The first kappa shape index (κ1) is 46.8. The van der Waals surface area contributed by atoms with Crippen LogP contribution in [0.1, 0.15) is 219 Å². The molecule has 326 valence electrons. The van der Waals surface area contributed by atoms with E-state index in [0.29, 0.717) is 47.3 Å². The molecule has 62 heavy (non-hydrogen) atoms. The lowest BCUT2D eigenvalue weighted by molar-refractivity contribution is 0.791. The van der Waals surface area contributed by atoms with Crippen LogP contribution in [0.25, 0.3) is 33.4 Å². The van der Waals surface area contributed by atoms with Crippen LogP contribution in [-0.2, 0) is 6.42 Å². The van der Waals surface area contributed by atoms with Crippen molar-refractivity contribution >= 4 is 11.1 Å². The molecule has 0 nitrogen and oxygen atoms in total. The van der Waals surface area contributed by atoms with E-state index in [1.807, 2.05) is 0 Å². The van der Waals surface area contributed by atoms with E-state index < -0.39 is 0 Å². The van der Waals surface area contributed by atoms with Crippen LogP contribution in [0, 0.1) is 5.92 Å². The van der Waals surface area contributed by atoms with Gasteiger partial charge < -0.3 is 0 Å². The maximum atomic E-state index is 5.09. The van der Waals surface area contributed by atoms with E-state index in [0.717, 1.165) is 12.0 Å². The lowest BCUT2D eigenvalue weighted by atomic mass is 9.72. The molecule has 0 saturated heterocycles. The fourth-order valence-corrected chi connectivity index (χ4v) is 10.4. The molecule has 6 rings (SSSR count). The van der Waals surface area contributed by atoms with Gasteiger partial charge in [-0.3, -0.25) is 0 Å². The van der Waals surface area contributed by atoms with Gasteiger partial charge in [0.2, 0.25) is 0 Å². The fourth-order valence-electron chi connectivity index (χ4n) is 10.4. The minimum Gasteiger partial charge on any atom is -0.0905 e. The molecule has 5 aromatic carbocycles. The molecule has 0 fully saturated rings. The van der Waals surface area contributed by atoms with Crippen molar-refractivity contribution in [1.29, 1.82) is 0 Å². The van der Waals surface area contributed by atoms with Gasteiger partial charge >= 0.3 is 0 Å². The van der Waals surface area contributed by atoms with Gasteiger partial charge in [0.15, 0.2) is 0 Å². The summed E-state index contributed by atoms with van der Waals surface area (Å²) >= 11 is 0. The zero-order valence-electron chi connectivity index (χ0n) is 41.4. The highest BCUT2D eigenvalue weighted by Gasteiger charge is 2.31. The van der Waals surface area contributed by atoms with Gasteiger partial charge in [0, 0.05) is 5.92 Å². The minimum absolute atomic E-state index is 0.119. The highest BCUT2D eigenvalue weighted by molar-refractivity contribution is 6.02. The fraction of sp³-hybridized carbons (Fsp3) is 0.419. The van der Waals surface area contributed by atoms with Crippen molar-refractivity contribution in [1.82, 2.24) is 0 Å². The lowest BCUT2D eigenvalue weighted by Gasteiger charge is -2.32. The third kappa shape index (κ3) is 9.18. The zero-order valence-corrected chi connectivity index (χ0v) is 41.4. The van der Waals surface area contributed by atoms with Crippen LogP contribution in [0.2, 0.25) is 0 Å². The summed E-state index contributed by atoms with van der Waals surface area (Å²) < 4.78 is 0. The molecule has 0 heterocycles. The van der Waals surface area contributed by atoms with Gasteiger partial charge in [0.05, 0.1) is 0 Å². The van der Waals surface area contributed by atoms with Crippen LogP contribution in [0.5, 0.6) is 0 Å². The standard InChI is InChI=1S/C62H78/c1-36(2)46-23-18-24-47(37(3)4)59(46)54-31-22-32-55(60-48(38(5)6)25-19-26-49(60)39(7)8)58(54)35-45-33-56(61-50(40(9)10)27-20-28-51(61)41(11)12)44(17)57(34-45)62-52(42(13)14)29-21-30-53(62)43(15)16/h18-34,36-43,45H,17,35H2,1-16H3. The summed E-state index contributed by atoms with van der Waals surface area (Å²) in [5, 5.41) is 0. The summed E-state index contributed by atoms with van der Waals surface area (Å²) in [4.78, 5) is 0. The maximum absolute atomic E-state index is 5.09. The van der Waals surface area contributed by atoms with Crippen LogP contribution >= 0.6 is 0 Å². The highest BCUT2D eigenvalue weighted by atomic mass is 14.3. The Balaban J connectivity index is 1.78. The quantitative estimate of drug-likeness (QED) is 0.105. The first-order chi connectivity index (χ1) is 29.3. The van der Waals surface area contributed by atoms with E-state index in [9.17, 15) is 0 Å². The average molecular weight is 823 g/mol. The Hall–Kier alpha value is -4.68. The molecule has 1 aliphatic carbocycles. The molecule has 0 N–H and O–H groups in total. The Morgan fingerprint density at radius 1 is 0.339 bits per heavy atom. The van der Waals surface area contributed by atoms with Gasteiger partial charge in [-0.15, -0.1) is 0 Å². The first-order valence-corrected chi connectivity index (χ1v) is 24.1. The van der Waals surface area contributed by atoms with Gasteiger partial charge in [-0.2, -0.15) is 0 Å². The predicted molar refractivity (Wildman–Crippen MR) is 275 cm³/mol. The number of hydrogen-bond acceptors (Lipinski definition) is 0. The van der Waals surface area contributed by atoms with E-state index in [1.165, 1.54) is 94.6 Å². The summed E-state index contributed by atoms with van der Waals surface area (Å²) in [5.74, 6) is 3.14. The molecule has 5 aromatic rings. The Morgan fingerprint density at radius 2 is 0.565 bits per heavy atom. The van der Waals surface area contributed by atoms with Crippen LogP contribution in [0.3, 0.4) is 0 Å². The smallest absolute Gasteiger partial charge is 0.000623 e. The van der Waals surface area contributed by atoms with Crippen LogP contribution in [-0.4, -0.2) is 0 Å². The molecule has 0 bridgehead atoms. The van der Waals surface area contributed by atoms with E-state index in [2.05, 4.69) is 214 Å². The molecule has 0 amide bonds. The topological polar surface area (TPSA) is 0 Å². The molecule has 0 heteroatoms. The zero-order chi connectivity index (χ0) is 45.3. The van der Waals surface area contributed by atoms with Crippen molar-refractivity contribution in [2.45, 2.75) is 165 Å². The molecule has 0 atom stereocenters. The number of allylic oxidation sites excluding steroid dienone is 5. The van der Waals surface area contributed by atoms with Crippen molar-refractivity contribution in [3.8, 4) is 22.3 Å². The molecule has 0 saturated carbocycles. The van der Waals surface area contributed by atoms with Crippen LogP contribution in [0.4, 0.5) is 0 Å². The second-order valence-corrected chi connectivity index (χ2v) is 20.8. The molecule has 0 aliphatic heterocycles. The van der Waals surface area contributed by atoms with Gasteiger partial charge in [0.25, 0.3) is 0 Å². The molecule has 1 aliphatic rings. The Kier molecular flexibility index (Phi) is 14.6. The second-order valence-electron chi connectivity index (χ2n) is 20.8. The average Bonchev–Trinajstić information content (AvgIpc) is 3.22. The van der Waals surface area contributed by atoms with Crippen molar-refractivity contribution in [2.75, 3.05) is 0 Å². The van der Waals surface area contributed by atoms with E-state index in [1.54, 1.807) is 0 Å². The van der Waals surface area contributed by atoms with Crippen molar-refractivity contribution < 1.29 is 0 Å². The van der Waals surface area contributed by atoms with Crippen molar-refractivity contribution in [2.24, 2.45) is 5.92 Å². The summed E-state index contributed by atoms with van der Waals surface area (Å²) in [5.41, 5.74) is 25.0. The van der Waals surface area contributed by atoms with Crippen LogP contribution < -0.4 is 0 Å². The van der Waals surface area contributed by atoms with Crippen molar-refractivity contribution in [3.63, 3.8) is 0 Å². The van der Waals surface area contributed by atoms with Crippen molar-refractivity contribution in [3.05, 3.63) is 176 Å².